The fourth-order valence-electron chi connectivity index (χ4n) is 0.572. The minimum atomic E-state index is 0.599. The topological polar surface area (TPSA) is 33.0 Å². The first-order valence-corrected chi connectivity index (χ1v) is 3.72. The van der Waals surface area contributed by atoms with Crippen LogP contribution in [0.25, 0.3) is 0 Å². The van der Waals surface area contributed by atoms with E-state index in [9.17, 15) is 0 Å². The summed E-state index contributed by atoms with van der Waals surface area (Å²) in [5.74, 6) is 0.599. The number of ether oxygens (including phenoxy) is 1. The average Bonchev–Trinajstić information content (AvgIpc) is 1.87. The molecule has 0 spiro atoms. The van der Waals surface area contributed by atoms with E-state index >= 15 is 0 Å². The lowest BCUT2D eigenvalue weighted by Crippen LogP contribution is -2.02. The van der Waals surface area contributed by atoms with Crippen molar-refractivity contribution in [2.24, 2.45) is 5.92 Å². The summed E-state index contributed by atoms with van der Waals surface area (Å²) in [4.78, 5) is 0. The van der Waals surface area contributed by atoms with E-state index in [0.717, 1.165) is 19.6 Å². The van der Waals surface area contributed by atoms with Gasteiger partial charge in [-0.25, -0.2) is 0 Å². The predicted octanol–water partition coefficient (Wildman–Crippen LogP) is 1.96. The lowest BCUT2D eigenvalue weighted by molar-refractivity contribution is 0.109. The Balaban J connectivity index is 2.86. The average molecular weight is 141 g/mol. The van der Waals surface area contributed by atoms with Crippen LogP contribution in [0.4, 0.5) is 0 Å². The Morgan fingerprint density at radius 1 is 1.50 bits per heavy atom. The third-order valence-corrected chi connectivity index (χ3v) is 1.03. The van der Waals surface area contributed by atoms with Crippen molar-refractivity contribution < 1.29 is 4.74 Å². The molecule has 0 amide bonds. The molecule has 0 aliphatic heterocycles. The van der Waals surface area contributed by atoms with Crippen LogP contribution in [0.2, 0.25) is 0 Å². The van der Waals surface area contributed by atoms with Gasteiger partial charge in [0.1, 0.15) is 0 Å². The summed E-state index contributed by atoms with van der Waals surface area (Å²) in [5, 5.41) is 8.17. The number of rotatable bonds is 5. The Bertz CT molecular complexity index is 104. The van der Waals surface area contributed by atoms with Gasteiger partial charge in [0.2, 0.25) is 0 Å². The van der Waals surface area contributed by atoms with Crippen LogP contribution in [0.15, 0.2) is 0 Å². The molecule has 0 fully saturated rings. The van der Waals surface area contributed by atoms with Crippen LogP contribution in [0, 0.1) is 17.2 Å². The fourth-order valence-corrected chi connectivity index (χ4v) is 0.572. The third kappa shape index (κ3) is 7.45. The first kappa shape index (κ1) is 9.45. The van der Waals surface area contributed by atoms with Crippen molar-refractivity contribution in [1.29, 1.82) is 5.26 Å². The summed E-state index contributed by atoms with van der Waals surface area (Å²) in [6.07, 6.45) is 1.47. The van der Waals surface area contributed by atoms with Gasteiger partial charge in [-0.15, -0.1) is 0 Å². The zero-order valence-corrected chi connectivity index (χ0v) is 6.76. The van der Waals surface area contributed by atoms with Gasteiger partial charge in [-0.3, -0.25) is 0 Å². The Kier molecular flexibility index (Phi) is 6.21. The van der Waals surface area contributed by atoms with E-state index in [0.29, 0.717) is 12.3 Å². The van der Waals surface area contributed by atoms with Crippen LogP contribution in [0.3, 0.4) is 0 Å². The monoisotopic (exact) mass is 141 g/mol. The molecule has 0 unspecified atom stereocenters. The van der Waals surface area contributed by atoms with E-state index in [1.54, 1.807) is 0 Å². The highest BCUT2D eigenvalue weighted by atomic mass is 16.5. The molecule has 0 rings (SSSR count). The molecule has 0 aromatic rings. The van der Waals surface area contributed by atoms with Crippen molar-refractivity contribution in [2.45, 2.75) is 26.7 Å². The van der Waals surface area contributed by atoms with E-state index in [4.69, 9.17) is 10.00 Å². The molecular weight excluding hydrogens is 126 g/mol. The Morgan fingerprint density at radius 2 is 2.20 bits per heavy atom. The minimum absolute atomic E-state index is 0.599. The van der Waals surface area contributed by atoms with Gasteiger partial charge in [0.15, 0.2) is 0 Å². The van der Waals surface area contributed by atoms with Gasteiger partial charge in [0, 0.05) is 19.6 Å². The maximum atomic E-state index is 8.17. The van der Waals surface area contributed by atoms with Crippen molar-refractivity contribution in [3.8, 4) is 6.07 Å². The lowest BCUT2D eigenvalue weighted by atomic mass is 10.2. The predicted molar refractivity (Wildman–Crippen MR) is 40.5 cm³/mol. The fraction of sp³-hybridized carbons (Fsp3) is 0.875. The van der Waals surface area contributed by atoms with Crippen LogP contribution in [0.5, 0.6) is 0 Å². The number of unbranched alkanes of at least 4 members (excludes halogenated alkanes) is 1. The molecule has 58 valence electrons. The quantitative estimate of drug-likeness (QED) is 0.548. The van der Waals surface area contributed by atoms with Crippen molar-refractivity contribution >= 4 is 0 Å². The van der Waals surface area contributed by atoms with Crippen molar-refractivity contribution in [3.63, 3.8) is 0 Å². The Hall–Kier alpha value is -0.550. The van der Waals surface area contributed by atoms with Gasteiger partial charge < -0.3 is 4.74 Å². The maximum Gasteiger partial charge on any atom is 0.0622 e. The van der Waals surface area contributed by atoms with E-state index < -0.39 is 0 Å². The SMILES string of the molecule is CC(C)COCCCC#N. The minimum Gasteiger partial charge on any atom is -0.381 e. The number of hydrogen-bond acceptors (Lipinski definition) is 2. The summed E-state index contributed by atoms with van der Waals surface area (Å²) in [6.45, 7) is 5.77. The van der Waals surface area contributed by atoms with Crippen LogP contribution in [-0.2, 0) is 4.74 Å². The number of nitrogens with zero attached hydrogens (tertiary/aromatic N) is 1. The third-order valence-electron chi connectivity index (χ3n) is 1.03. The van der Waals surface area contributed by atoms with Crippen molar-refractivity contribution in [1.82, 2.24) is 0 Å². The summed E-state index contributed by atoms with van der Waals surface area (Å²) >= 11 is 0. The van der Waals surface area contributed by atoms with Gasteiger partial charge in [0.05, 0.1) is 6.07 Å². The van der Waals surface area contributed by atoms with Crippen LogP contribution < -0.4 is 0 Å². The first-order chi connectivity index (χ1) is 4.77. The Morgan fingerprint density at radius 3 is 2.70 bits per heavy atom. The van der Waals surface area contributed by atoms with Crippen LogP contribution in [0.1, 0.15) is 26.7 Å². The van der Waals surface area contributed by atoms with Crippen molar-refractivity contribution in [2.75, 3.05) is 13.2 Å². The molecule has 0 aromatic heterocycles. The molecule has 0 aliphatic rings. The molecule has 0 aliphatic carbocycles. The largest absolute Gasteiger partial charge is 0.381 e. The summed E-state index contributed by atoms with van der Waals surface area (Å²) in [6, 6.07) is 2.08. The second-order valence-electron chi connectivity index (χ2n) is 2.73. The molecule has 0 aromatic carbocycles. The second kappa shape index (κ2) is 6.57. The molecule has 0 bridgehead atoms. The highest BCUT2D eigenvalue weighted by molar-refractivity contribution is 4.67. The smallest absolute Gasteiger partial charge is 0.0622 e. The van der Waals surface area contributed by atoms with Crippen LogP contribution >= 0.6 is 0 Å². The zero-order valence-electron chi connectivity index (χ0n) is 6.76. The molecular formula is C8H15NO. The molecule has 0 N–H and O–H groups in total. The molecule has 2 heteroatoms. The van der Waals surface area contributed by atoms with Gasteiger partial charge in [-0.1, -0.05) is 13.8 Å². The van der Waals surface area contributed by atoms with Crippen molar-refractivity contribution in [3.05, 3.63) is 0 Å². The highest BCUT2D eigenvalue weighted by Crippen LogP contribution is 1.94. The summed E-state index contributed by atoms with van der Waals surface area (Å²) in [7, 11) is 0. The molecule has 0 atom stereocenters. The number of hydrogen-bond donors (Lipinski definition) is 0. The molecule has 0 saturated carbocycles. The lowest BCUT2D eigenvalue weighted by Gasteiger charge is -2.04. The van der Waals surface area contributed by atoms with Gasteiger partial charge in [-0.05, 0) is 12.3 Å². The normalized spacial score (nSPS) is 9.80. The standard InChI is InChI=1S/C8H15NO/c1-8(2)7-10-6-4-3-5-9/h8H,3-4,6-7H2,1-2H3. The zero-order chi connectivity index (χ0) is 7.82. The Labute approximate surface area is 62.8 Å². The molecule has 0 radical (unpaired) electrons. The van der Waals surface area contributed by atoms with E-state index in [1.807, 2.05) is 0 Å². The van der Waals surface area contributed by atoms with Gasteiger partial charge in [0.25, 0.3) is 0 Å². The van der Waals surface area contributed by atoms with Gasteiger partial charge >= 0.3 is 0 Å². The summed E-state index contributed by atoms with van der Waals surface area (Å²) < 4.78 is 5.25. The number of nitriles is 1. The highest BCUT2D eigenvalue weighted by Gasteiger charge is 1.92. The first-order valence-electron chi connectivity index (χ1n) is 3.72. The maximum absolute atomic E-state index is 8.17. The second-order valence-corrected chi connectivity index (χ2v) is 2.73. The van der Waals surface area contributed by atoms with E-state index in [2.05, 4.69) is 19.9 Å². The van der Waals surface area contributed by atoms with E-state index in [-0.39, 0.29) is 0 Å². The van der Waals surface area contributed by atoms with Crippen LogP contribution in [-0.4, -0.2) is 13.2 Å². The van der Waals surface area contributed by atoms with E-state index in [1.165, 1.54) is 0 Å². The molecule has 0 heterocycles. The molecule has 0 saturated heterocycles. The molecule has 2 nitrogen and oxygen atoms in total. The van der Waals surface area contributed by atoms with Gasteiger partial charge in [-0.2, -0.15) is 5.26 Å². The summed E-state index contributed by atoms with van der Waals surface area (Å²) in [5.41, 5.74) is 0. The molecule has 10 heavy (non-hydrogen) atoms.